The highest BCUT2D eigenvalue weighted by molar-refractivity contribution is 5.80. The van der Waals surface area contributed by atoms with Crippen LogP contribution in [0.4, 0.5) is 0 Å². The van der Waals surface area contributed by atoms with Crippen LogP contribution in [0.2, 0.25) is 0 Å². The van der Waals surface area contributed by atoms with E-state index in [0.29, 0.717) is 18.9 Å². The summed E-state index contributed by atoms with van der Waals surface area (Å²) in [7, 11) is 3.83. The van der Waals surface area contributed by atoms with Crippen LogP contribution in [0, 0.1) is 5.92 Å². The van der Waals surface area contributed by atoms with Crippen LogP contribution in [0.25, 0.3) is 0 Å². The van der Waals surface area contributed by atoms with Crippen molar-refractivity contribution in [3.63, 3.8) is 0 Å². The maximum Gasteiger partial charge on any atom is 0.220 e. The minimum Gasteiger partial charge on any atom is -0.374 e. The van der Waals surface area contributed by atoms with Crippen LogP contribution in [-0.4, -0.2) is 87.7 Å². The molecule has 2 fully saturated rings. The maximum atomic E-state index is 11.5. The molecule has 1 amide bonds. The van der Waals surface area contributed by atoms with Crippen molar-refractivity contribution in [2.24, 2.45) is 10.9 Å². The predicted molar refractivity (Wildman–Crippen MR) is 96.2 cm³/mol. The number of guanidine groups is 1. The number of morpholine rings is 1. The molecule has 1 unspecified atom stereocenters. The molecule has 7 nitrogen and oxygen atoms in total. The molecule has 24 heavy (non-hydrogen) atoms. The summed E-state index contributed by atoms with van der Waals surface area (Å²) in [5.41, 5.74) is 0. The Morgan fingerprint density at radius 2 is 2.04 bits per heavy atom. The first-order valence-electron chi connectivity index (χ1n) is 9.16. The van der Waals surface area contributed by atoms with Gasteiger partial charge in [-0.15, -0.1) is 0 Å². The van der Waals surface area contributed by atoms with Gasteiger partial charge in [0.1, 0.15) is 0 Å². The summed E-state index contributed by atoms with van der Waals surface area (Å²) in [6, 6.07) is 0. The van der Waals surface area contributed by atoms with Gasteiger partial charge in [0.25, 0.3) is 0 Å². The fraction of sp³-hybridized carbons (Fsp3) is 0.882. The van der Waals surface area contributed by atoms with Crippen molar-refractivity contribution in [1.82, 2.24) is 20.4 Å². The Balaban J connectivity index is 1.84. The van der Waals surface area contributed by atoms with Gasteiger partial charge in [0.15, 0.2) is 5.96 Å². The van der Waals surface area contributed by atoms with Gasteiger partial charge in [-0.3, -0.25) is 9.79 Å². The highest BCUT2D eigenvalue weighted by Crippen LogP contribution is 2.20. The first-order valence-corrected chi connectivity index (χ1v) is 9.16. The Morgan fingerprint density at radius 1 is 1.29 bits per heavy atom. The largest absolute Gasteiger partial charge is 0.374 e. The Kier molecular flexibility index (Phi) is 7.78. The standard InChI is InChI=1S/C17H33N5O2/c1-4-19-17(20-12-15-13-21(3)9-10-24-15)22-7-5-14(6-8-22)11-16(23)18-2/h14-15H,4-13H2,1-3H3,(H,18,23)(H,19,20). The molecular formula is C17H33N5O2. The van der Waals surface area contributed by atoms with E-state index in [1.54, 1.807) is 7.05 Å². The van der Waals surface area contributed by atoms with Gasteiger partial charge in [0, 0.05) is 46.2 Å². The lowest BCUT2D eigenvalue weighted by molar-refractivity contribution is -0.121. The van der Waals surface area contributed by atoms with Gasteiger partial charge in [-0.2, -0.15) is 0 Å². The van der Waals surface area contributed by atoms with E-state index in [-0.39, 0.29) is 12.0 Å². The number of nitrogens with zero attached hydrogens (tertiary/aromatic N) is 3. The molecule has 0 aliphatic carbocycles. The zero-order chi connectivity index (χ0) is 17.4. The lowest BCUT2D eigenvalue weighted by atomic mass is 9.93. The minimum atomic E-state index is 0.146. The van der Waals surface area contributed by atoms with Crippen LogP contribution in [0.5, 0.6) is 0 Å². The van der Waals surface area contributed by atoms with E-state index < -0.39 is 0 Å². The van der Waals surface area contributed by atoms with Gasteiger partial charge in [-0.25, -0.2) is 0 Å². The second-order valence-corrected chi connectivity index (χ2v) is 6.76. The van der Waals surface area contributed by atoms with E-state index in [2.05, 4.69) is 34.4 Å². The first-order chi connectivity index (χ1) is 11.6. The lowest BCUT2D eigenvalue weighted by Crippen LogP contribution is -2.47. The van der Waals surface area contributed by atoms with Gasteiger partial charge in [-0.05, 0) is 32.7 Å². The number of likely N-dealkylation sites (N-methyl/N-ethyl adjacent to an activating group) is 1. The van der Waals surface area contributed by atoms with E-state index in [4.69, 9.17) is 9.73 Å². The Labute approximate surface area is 145 Å². The number of piperidine rings is 1. The molecule has 0 aromatic heterocycles. The van der Waals surface area contributed by atoms with Crippen LogP contribution in [0.15, 0.2) is 4.99 Å². The fourth-order valence-corrected chi connectivity index (χ4v) is 3.30. The summed E-state index contributed by atoms with van der Waals surface area (Å²) in [6.45, 7) is 8.30. The second-order valence-electron chi connectivity index (χ2n) is 6.76. The Hall–Kier alpha value is -1.34. The van der Waals surface area contributed by atoms with Crippen molar-refractivity contribution >= 4 is 11.9 Å². The number of likely N-dealkylation sites (tertiary alicyclic amines) is 1. The molecular weight excluding hydrogens is 306 g/mol. The smallest absolute Gasteiger partial charge is 0.220 e. The summed E-state index contributed by atoms with van der Waals surface area (Å²) in [5, 5.41) is 6.12. The molecule has 2 saturated heterocycles. The highest BCUT2D eigenvalue weighted by Gasteiger charge is 2.24. The van der Waals surface area contributed by atoms with Gasteiger partial charge >= 0.3 is 0 Å². The number of hydrogen-bond donors (Lipinski definition) is 2. The molecule has 0 aromatic rings. The summed E-state index contributed by atoms with van der Waals surface area (Å²) in [6.07, 6.45) is 2.91. The van der Waals surface area contributed by atoms with Crippen LogP contribution in [0.3, 0.4) is 0 Å². The van der Waals surface area contributed by atoms with Crippen molar-refractivity contribution in [3.8, 4) is 0 Å². The summed E-state index contributed by atoms with van der Waals surface area (Å²) in [5.74, 6) is 1.61. The number of amides is 1. The van der Waals surface area contributed by atoms with Crippen molar-refractivity contribution in [2.75, 3.05) is 60.0 Å². The molecule has 138 valence electrons. The maximum absolute atomic E-state index is 11.5. The van der Waals surface area contributed by atoms with Crippen LogP contribution in [-0.2, 0) is 9.53 Å². The Morgan fingerprint density at radius 3 is 2.67 bits per heavy atom. The van der Waals surface area contributed by atoms with Gasteiger partial charge in [0.2, 0.25) is 5.91 Å². The minimum absolute atomic E-state index is 0.146. The lowest BCUT2D eigenvalue weighted by Gasteiger charge is -2.34. The van der Waals surface area contributed by atoms with Crippen LogP contribution in [0.1, 0.15) is 26.2 Å². The zero-order valence-corrected chi connectivity index (χ0v) is 15.4. The molecule has 0 radical (unpaired) electrons. The van der Waals surface area contributed by atoms with Crippen LogP contribution >= 0.6 is 0 Å². The topological polar surface area (TPSA) is 69.2 Å². The van der Waals surface area contributed by atoms with E-state index >= 15 is 0 Å². The molecule has 0 aromatic carbocycles. The number of carbonyl (C=O) groups is 1. The normalized spacial score (nSPS) is 24.0. The average molecular weight is 339 g/mol. The van der Waals surface area contributed by atoms with E-state index in [0.717, 1.165) is 58.1 Å². The van der Waals surface area contributed by atoms with Crippen LogP contribution < -0.4 is 10.6 Å². The Bertz CT molecular complexity index is 421. The molecule has 2 N–H and O–H groups in total. The third kappa shape index (κ3) is 5.94. The number of hydrogen-bond acceptors (Lipinski definition) is 4. The molecule has 7 heteroatoms. The van der Waals surface area contributed by atoms with E-state index in [1.807, 2.05) is 0 Å². The summed E-state index contributed by atoms with van der Waals surface area (Å²) >= 11 is 0. The monoisotopic (exact) mass is 339 g/mol. The number of aliphatic imine (C=N–C) groups is 1. The van der Waals surface area contributed by atoms with E-state index in [9.17, 15) is 4.79 Å². The third-order valence-corrected chi connectivity index (χ3v) is 4.79. The molecule has 2 heterocycles. The number of nitrogens with one attached hydrogen (secondary N) is 2. The quantitative estimate of drug-likeness (QED) is 0.550. The molecule has 0 bridgehead atoms. The molecule has 0 spiro atoms. The van der Waals surface area contributed by atoms with Crippen molar-refractivity contribution < 1.29 is 9.53 Å². The van der Waals surface area contributed by atoms with Crippen molar-refractivity contribution in [3.05, 3.63) is 0 Å². The molecule has 1 atom stereocenters. The van der Waals surface area contributed by atoms with Gasteiger partial charge < -0.3 is 25.2 Å². The molecule has 2 aliphatic rings. The second kappa shape index (κ2) is 9.84. The molecule has 2 aliphatic heterocycles. The van der Waals surface area contributed by atoms with Crippen molar-refractivity contribution in [2.45, 2.75) is 32.3 Å². The van der Waals surface area contributed by atoms with E-state index in [1.165, 1.54) is 0 Å². The number of rotatable bonds is 5. The molecule has 2 rings (SSSR count). The SMILES string of the molecule is CCNC(=NCC1CN(C)CCO1)N1CCC(CC(=O)NC)CC1. The fourth-order valence-electron chi connectivity index (χ4n) is 3.30. The first kappa shape index (κ1) is 19.0. The summed E-state index contributed by atoms with van der Waals surface area (Å²) in [4.78, 5) is 20.9. The zero-order valence-electron chi connectivity index (χ0n) is 15.4. The van der Waals surface area contributed by atoms with Gasteiger partial charge in [-0.1, -0.05) is 0 Å². The summed E-state index contributed by atoms with van der Waals surface area (Å²) < 4.78 is 5.80. The highest BCUT2D eigenvalue weighted by atomic mass is 16.5. The van der Waals surface area contributed by atoms with Gasteiger partial charge in [0.05, 0.1) is 19.3 Å². The van der Waals surface area contributed by atoms with Crippen molar-refractivity contribution in [1.29, 1.82) is 0 Å². The average Bonchev–Trinajstić information content (AvgIpc) is 2.59. The number of ether oxygens (including phenoxy) is 1. The third-order valence-electron chi connectivity index (χ3n) is 4.79. The molecule has 0 saturated carbocycles. The predicted octanol–water partition coefficient (Wildman–Crippen LogP) is 0.131. The number of carbonyl (C=O) groups excluding carboxylic acids is 1.